The van der Waals surface area contributed by atoms with Crippen molar-refractivity contribution in [1.82, 2.24) is 10.6 Å². The molecule has 2 rings (SSSR count). The Kier molecular flexibility index (Phi) is 6.72. The van der Waals surface area contributed by atoms with Crippen molar-refractivity contribution in [2.75, 3.05) is 6.61 Å². The fourth-order valence-electron chi connectivity index (χ4n) is 2.62. The van der Waals surface area contributed by atoms with Crippen LogP contribution in [0.25, 0.3) is 0 Å². The monoisotopic (exact) mass is 366 g/mol. The minimum atomic E-state index is -0.689. The first-order chi connectivity index (χ1) is 11.8. The van der Waals surface area contributed by atoms with E-state index in [-0.39, 0.29) is 36.2 Å². The van der Waals surface area contributed by atoms with Crippen LogP contribution in [0, 0.1) is 11.8 Å². The van der Waals surface area contributed by atoms with Crippen molar-refractivity contribution in [3.8, 4) is 0 Å². The maximum absolute atomic E-state index is 12.7. The van der Waals surface area contributed by atoms with Gasteiger partial charge in [-0.3, -0.25) is 14.4 Å². The molecule has 4 atom stereocenters. The minimum absolute atomic E-state index is 0.0143. The Hall–Kier alpha value is -1.73. The number of Topliss-reactive ketones (excluding diaryl/α,β-unsaturated/α-hetero) is 1. The smallest absolute Gasteiger partial charge is 0.252 e. The molecule has 1 saturated heterocycles. The Balaban J connectivity index is 2.08. The van der Waals surface area contributed by atoms with Crippen molar-refractivity contribution in [3.63, 3.8) is 0 Å². The SMILES string of the molecule is CC(C)C(C)CC(NC(=O)c1ccsc1)C(=O)N[C@@H]1C(=O)CO[C@H]1C. The quantitative estimate of drug-likeness (QED) is 0.773. The molecule has 0 radical (unpaired) electrons. The molecule has 6 nitrogen and oxygen atoms in total. The van der Waals surface area contributed by atoms with Gasteiger partial charge in [-0.25, -0.2) is 0 Å². The molecule has 1 aromatic rings. The molecular formula is C18H26N2O4S. The normalized spacial score (nSPS) is 22.7. The second kappa shape index (κ2) is 8.58. The number of hydrogen-bond acceptors (Lipinski definition) is 5. The van der Waals surface area contributed by atoms with E-state index in [1.807, 2.05) is 12.3 Å². The van der Waals surface area contributed by atoms with E-state index in [2.05, 4.69) is 24.5 Å². The van der Waals surface area contributed by atoms with Crippen LogP contribution in [0.5, 0.6) is 0 Å². The number of thiophene rings is 1. The lowest BCUT2D eigenvalue weighted by atomic mass is 9.90. The van der Waals surface area contributed by atoms with Gasteiger partial charge in [0.05, 0.1) is 11.7 Å². The molecule has 2 heterocycles. The van der Waals surface area contributed by atoms with E-state index in [1.165, 1.54) is 11.3 Å². The van der Waals surface area contributed by atoms with Crippen molar-refractivity contribution >= 4 is 28.9 Å². The summed E-state index contributed by atoms with van der Waals surface area (Å²) < 4.78 is 5.27. The lowest BCUT2D eigenvalue weighted by Crippen LogP contribution is -2.53. The third-order valence-electron chi connectivity index (χ3n) is 4.75. The molecule has 7 heteroatoms. The first kappa shape index (κ1) is 19.6. The average Bonchev–Trinajstić information content (AvgIpc) is 3.19. The van der Waals surface area contributed by atoms with E-state index in [1.54, 1.807) is 18.4 Å². The maximum atomic E-state index is 12.7. The van der Waals surface area contributed by atoms with Gasteiger partial charge in [-0.05, 0) is 36.6 Å². The summed E-state index contributed by atoms with van der Waals surface area (Å²) in [5.74, 6) is -0.137. The number of rotatable bonds is 7. The summed E-state index contributed by atoms with van der Waals surface area (Å²) >= 11 is 1.43. The number of nitrogens with one attached hydrogen (secondary N) is 2. The average molecular weight is 366 g/mol. The second-order valence-corrected chi connectivity index (χ2v) is 7.74. The topological polar surface area (TPSA) is 84.5 Å². The molecule has 25 heavy (non-hydrogen) atoms. The molecule has 0 spiro atoms. The largest absolute Gasteiger partial charge is 0.368 e. The van der Waals surface area contributed by atoms with E-state index in [0.29, 0.717) is 17.9 Å². The van der Waals surface area contributed by atoms with Gasteiger partial charge in [-0.2, -0.15) is 11.3 Å². The lowest BCUT2D eigenvalue weighted by molar-refractivity contribution is -0.127. The molecule has 0 aromatic carbocycles. The summed E-state index contributed by atoms with van der Waals surface area (Å²) in [6.45, 7) is 7.98. The summed E-state index contributed by atoms with van der Waals surface area (Å²) in [6.07, 6.45) is 0.155. The Morgan fingerprint density at radius 3 is 2.60 bits per heavy atom. The standard InChI is InChI=1S/C18H26N2O4S/c1-10(2)11(3)7-14(19-17(22)13-5-6-25-9-13)18(23)20-16-12(4)24-8-15(16)21/h5-6,9-12,14,16H,7-8H2,1-4H3,(H,19,22)(H,20,23)/t11?,12-,14?,16-/m0/s1. The Bertz CT molecular complexity index is 615. The summed E-state index contributed by atoms with van der Waals surface area (Å²) in [5.41, 5.74) is 0.536. The molecule has 2 unspecified atom stereocenters. The van der Waals surface area contributed by atoms with Crippen LogP contribution >= 0.6 is 11.3 Å². The Morgan fingerprint density at radius 1 is 1.36 bits per heavy atom. The molecule has 1 aromatic heterocycles. The number of ketones is 1. The van der Waals surface area contributed by atoms with Crippen molar-refractivity contribution in [1.29, 1.82) is 0 Å². The summed E-state index contributed by atoms with van der Waals surface area (Å²) in [5, 5.41) is 9.12. The second-order valence-electron chi connectivity index (χ2n) is 6.96. The highest BCUT2D eigenvalue weighted by Gasteiger charge is 2.36. The molecule has 1 fully saturated rings. The third kappa shape index (κ3) is 5.12. The number of carbonyl (C=O) groups is 3. The molecular weight excluding hydrogens is 340 g/mol. The van der Waals surface area contributed by atoms with Crippen LogP contribution in [0.1, 0.15) is 44.5 Å². The van der Waals surface area contributed by atoms with Crippen LogP contribution in [0.4, 0.5) is 0 Å². The highest BCUT2D eigenvalue weighted by atomic mass is 32.1. The van der Waals surface area contributed by atoms with Gasteiger partial charge in [0.15, 0.2) is 5.78 Å². The predicted molar refractivity (Wildman–Crippen MR) is 96.5 cm³/mol. The van der Waals surface area contributed by atoms with Crippen LogP contribution in [-0.4, -0.2) is 42.4 Å². The zero-order valence-corrected chi connectivity index (χ0v) is 15.9. The molecule has 0 saturated carbocycles. The molecule has 2 N–H and O–H groups in total. The van der Waals surface area contributed by atoms with Gasteiger partial charge >= 0.3 is 0 Å². The van der Waals surface area contributed by atoms with Gasteiger partial charge in [-0.1, -0.05) is 20.8 Å². The van der Waals surface area contributed by atoms with E-state index >= 15 is 0 Å². The van der Waals surface area contributed by atoms with Crippen LogP contribution < -0.4 is 10.6 Å². The summed E-state index contributed by atoms with van der Waals surface area (Å²) in [7, 11) is 0. The Morgan fingerprint density at radius 2 is 2.08 bits per heavy atom. The number of amides is 2. The summed E-state index contributed by atoms with van der Waals surface area (Å²) in [4.78, 5) is 36.9. The summed E-state index contributed by atoms with van der Waals surface area (Å²) in [6, 6.07) is 0.379. The van der Waals surface area contributed by atoms with Crippen molar-refractivity contribution in [2.24, 2.45) is 11.8 Å². The van der Waals surface area contributed by atoms with Gasteiger partial charge in [0.2, 0.25) is 5.91 Å². The van der Waals surface area contributed by atoms with Crippen molar-refractivity contribution in [2.45, 2.75) is 52.3 Å². The molecule has 2 amide bonds. The Labute approximate surface area is 152 Å². The highest BCUT2D eigenvalue weighted by Crippen LogP contribution is 2.18. The van der Waals surface area contributed by atoms with Crippen LogP contribution in [0.15, 0.2) is 16.8 Å². The van der Waals surface area contributed by atoms with E-state index < -0.39 is 12.1 Å². The predicted octanol–water partition coefficient (Wildman–Crippen LogP) is 2.00. The molecule has 138 valence electrons. The third-order valence-corrected chi connectivity index (χ3v) is 5.44. The highest BCUT2D eigenvalue weighted by molar-refractivity contribution is 7.08. The van der Waals surface area contributed by atoms with Crippen LogP contribution in [0.3, 0.4) is 0 Å². The van der Waals surface area contributed by atoms with E-state index in [0.717, 1.165) is 0 Å². The van der Waals surface area contributed by atoms with Crippen molar-refractivity contribution < 1.29 is 19.1 Å². The molecule has 0 aliphatic carbocycles. The first-order valence-corrected chi connectivity index (χ1v) is 9.51. The van der Waals surface area contributed by atoms with Gasteiger partial charge < -0.3 is 15.4 Å². The molecule has 1 aliphatic rings. The van der Waals surface area contributed by atoms with Gasteiger partial charge in [0, 0.05) is 5.38 Å². The van der Waals surface area contributed by atoms with E-state index in [4.69, 9.17) is 4.74 Å². The van der Waals surface area contributed by atoms with Crippen LogP contribution in [0.2, 0.25) is 0 Å². The lowest BCUT2D eigenvalue weighted by Gasteiger charge is -2.25. The fraction of sp³-hybridized carbons (Fsp3) is 0.611. The van der Waals surface area contributed by atoms with Crippen LogP contribution in [-0.2, 0) is 14.3 Å². The maximum Gasteiger partial charge on any atom is 0.252 e. The molecule has 1 aliphatic heterocycles. The molecule has 0 bridgehead atoms. The zero-order valence-electron chi connectivity index (χ0n) is 15.1. The number of hydrogen-bond donors (Lipinski definition) is 2. The fourth-order valence-corrected chi connectivity index (χ4v) is 3.26. The van der Waals surface area contributed by atoms with E-state index in [9.17, 15) is 14.4 Å². The van der Waals surface area contributed by atoms with Gasteiger partial charge in [0.1, 0.15) is 18.7 Å². The minimum Gasteiger partial charge on any atom is -0.368 e. The van der Waals surface area contributed by atoms with Gasteiger partial charge in [-0.15, -0.1) is 0 Å². The van der Waals surface area contributed by atoms with Gasteiger partial charge in [0.25, 0.3) is 5.91 Å². The first-order valence-electron chi connectivity index (χ1n) is 8.57. The number of ether oxygens (including phenoxy) is 1. The zero-order chi connectivity index (χ0) is 18.6. The van der Waals surface area contributed by atoms with Crippen molar-refractivity contribution in [3.05, 3.63) is 22.4 Å². The number of carbonyl (C=O) groups excluding carboxylic acids is 3.